The minimum absolute atomic E-state index is 0.255. The third kappa shape index (κ3) is 3.12. The number of thiophene rings is 1. The zero-order valence-electron chi connectivity index (χ0n) is 9.44. The largest absolute Gasteiger partial charge is 0.300 e. The number of hydrazine groups is 1. The number of nitrogens with zero attached hydrogens (tertiary/aromatic N) is 1. The third-order valence-corrected chi connectivity index (χ3v) is 3.88. The van der Waals surface area contributed by atoms with Gasteiger partial charge in [-0.15, -0.1) is 11.3 Å². The Hall–Kier alpha value is -1.24. The Balaban J connectivity index is 1.93. The van der Waals surface area contributed by atoms with Gasteiger partial charge in [0.2, 0.25) is 0 Å². The molecule has 0 aliphatic carbocycles. The molecule has 1 saturated heterocycles. The molecule has 2 heterocycles. The number of nitrogens with one attached hydrogen (secondary N) is 1. The van der Waals surface area contributed by atoms with E-state index in [1.807, 2.05) is 6.07 Å². The summed E-state index contributed by atoms with van der Waals surface area (Å²) in [5.41, 5.74) is 2.12. The predicted molar refractivity (Wildman–Crippen MR) is 65.5 cm³/mol. The van der Waals surface area contributed by atoms with E-state index in [1.165, 1.54) is 11.3 Å². The predicted octanol–water partition coefficient (Wildman–Crippen LogP) is 0.516. The van der Waals surface area contributed by atoms with E-state index in [0.29, 0.717) is 23.5 Å². The van der Waals surface area contributed by atoms with Crippen molar-refractivity contribution in [1.82, 2.24) is 10.3 Å². The van der Waals surface area contributed by atoms with Gasteiger partial charge in [0, 0.05) is 37.4 Å². The average Bonchev–Trinajstić information content (AvgIpc) is 2.80. The van der Waals surface area contributed by atoms with Crippen molar-refractivity contribution in [1.29, 1.82) is 0 Å². The van der Waals surface area contributed by atoms with Crippen LogP contribution in [0.4, 0.5) is 0 Å². The maximum atomic E-state index is 11.3. The number of amides is 1. The molecule has 2 rings (SSSR count). The highest BCUT2D eigenvalue weighted by Crippen LogP contribution is 2.19. The molecule has 0 radical (unpaired) electrons. The average molecular weight is 253 g/mol. The first-order valence-electron chi connectivity index (χ1n) is 5.53. The molecule has 92 valence electrons. The monoisotopic (exact) mass is 253 g/mol. The molecular formula is C11H15N3O2S. The number of hydrogen-bond acceptors (Lipinski definition) is 5. The van der Waals surface area contributed by atoms with Gasteiger partial charge in [-0.05, 0) is 12.1 Å². The van der Waals surface area contributed by atoms with Crippen LogP contribution < -0.4 is 11.3 Å². The summed E-state index contributed by atoms with van der Waals surface area (Å²) in [5, 5.41) is 0. The van der Waals surface area contributed by atoms with E-state index in [0.717, 1.165) is 24.5 Å². The second-order valence-corrected chi connectivity index (χ2v) is 5.22. The zero-order chi connectivity index (χ0) is 12.3. The fourth-order valence-electron chi connectivity index (χ4n) is 1.84. The van der Waals surface area contributed by atoms with Crippen LogP contribution in [0.5, 0.6) is 0 Å². The first-order chi connectivity index (χ1) is 8.19. The van der Waals surface area contributed by atoms with Crippen molar-refractivity contribution in [3.63, 3.8) is 0 Å². The van der Waals surface area contributed by atoms with Gasteiger partial charge >= 0.3 is 0 Å². The molecule has 1 aliphatic rings. The maximum absolute atomic E-state index is 11.3. The van der Waals surface area contributed by atoms with Crippen LogP contribution in [0.1, 0.15) is 27.4 Å². The van der Waals surface area contributed by atoms with Crippen LogP contribution in [0.15, 0.2) is 12.1 Å². The molecule has 0 spiro atoms. The Bertz CT molecular complexity index is 420. The lowest BCUT2D eigenvalue weighted by Gasteiger charge is -2.24. The fourth-order valence-corrected chi connectivity index (χ4v) is 2.79. The van der Waals surface area contributed by atoms with Gasteiger partial charge in [-0.1, -0.05) is 0 Å². The Morgan fingerprint density at radius 2 is 2.12 bits per heavy atom. The standard InChI is InChI=1S/C11H15N3O2S/c12-13-11(16)10-2-1-9(17-10)7-14-5-3-8(15)4-6-14/h1-2H,3-7,12H2,(H,13,16). The lowest BCUT2D eigenvalue weighted by Crippen LogP contribution is -2.33. The molecule has 1 fully saturated rings. The van der Waals surface area contributed by atoms with E-state index in [1.54, 1.807) is 6.07 Å². The number of ketones is 1. The lowest BCUT2D eigenvalue weighted by molar-refractivity contribution is -0.121. The molecule has 0 unspecified atom stereocenters. The summed E-state index contributed by atoms with van der Waals surface area (Å²) in [6.07, 6.45) is 1.28. The van der Waals surface area contributed by atoms with E-state index < -0.39 is 0 Å². The zero-order valence-corrected chi connectivity index (χ0v) is 10.3. The van der Waals surface area contributed by atoms with Crippen molar-refractivity contribution in [2.24, 2.45) is 5.84 Å². The number of hydrogen-bond donors (Lipinski definition) is 2. The number of nitrogen functional groups attached to an aromatic ring is 1. The van der Waals surface area contributed by atoms with Crippen molar-refractivity contribution in [2.45, 2.75) is 19.4 Å². The van der Waals surface area contributed by atoms with E-state index in [2.05, 4.69) is 10.3 Å². The van der Waals surface area contributed by atoms with E-state index in [-0.39, 0.29) is 5.91 Å². The highest BCUT2D eigenvalue weighted by Gasteiger charge is 2.17. The molecule has 1 aliphatic heterocycles. The Labute approximate surface area is 104 Å². The molecule has 1 aromatic heterocycles. The molecule has 5 nitrogen and oxygen atoms in total. The number of likely N-dealkylation sites (tertiary alicyclic amines) is 1. The molecule has 1 amide bonds. The van der Waals surface area contributed by atoms with E-state index in [4.69, 9.17) is 5.84 Å². The molecule has 0 atom stereocenters. The van der Waals surface area contributed by atoms with Crippen molar-refractivity contribution in [3.8, 4) is 0 Å². The van der Waals surface area contributed by atoms with Crippen molar-refractivity contribution in [3.05, 3.63) is 21.9 Å². The third-order valence-electron chi connectivity index (χ3n) is 2.81. The Kier molecular flexibility index (Phi) is 3.88. The normalized spacial score (nSPS) is 17.1. The molecule has 3 N–H and O–H groups in total. The molecule has 6 heteroatoms. The molecule has 17 heavy (non-hydrogen) atoms. The van der Waals surface area contributed by atoms with Crippen LogP contribution >= 0.6 is 11.3 Å². The summed E-state index contributed by atoms with van der Waals surface area (Å²) >= 11 is 1.44. The van der Waals surface area contributed by atoms with Gasteiger partial charge in [0.15, 0.2) is 0 Å². The quantitative estimate of drug-likeness (QED) is 0.468. The van der Waals surface area contributed by atoms with Crippen molar-refractivity contribution in [2.75, 3.05) is 13.1 Å². The van der Waals surface area contributed by atoms with Crippen molar-refractivity contribution >= 4 is 23.0 Å². The topological polar surface area (TPSA) is 75.4 Å². The Morgan fingerprint density at radius 1 is 1.41 bits per heavy atom. The Morgan fingerprint density at radius 3 is 2.76 bits per heavy atom. The van der Waals surface area contributed by atoms with Crippen LogP contribution in [0.2, 0.25) is 0 Å². The van der Waals surface area contributed by atoms with Crippen LogP contribution in [-0.4, -0.2) is 29.7 Å². The molecule has 0 bridgehead atoms. The van der Waals surface area contributed by atoms with Gasteiger partial charge in [0.25, 0.3) is 5.91 Å². The number of carbonyl (C=O) groups excluding carboxylic acids is 2. The SMILES string of the molecule is NNC(=O)c1ccc(CN2CCC(=O)CC2)s1. The van der Waals surface area contributed by atoms with E-state index in [9.17, 15) is 9.59 Å². The summed E-state index contributed by atoms with van der Waals surface area (Å²) in [6, 6.07) is 3.71. The number of piperidine rings is 1. The smallest absolute Gasteiger partial charge is 0.275 e. The van der Waals surface area contributed by atoms with Crippen LogP contribution in [0.25, 0.3) is 0 Å². The van der Waals surface area contributed by atoms with Gasteiger partial charge in [0.1, 0.15) is 5.78 Å². The number of carbonyl (C=O) groups is 2. The molecule has 0 aromatic carbocycles. The first kappa shape index (κ1) is 12.2. The first-order valence-corrected chi connectivity index (χ1v) is 6.34. The van der Waals surface area contributed by atoms with Crippen LogP contribution in [0, 0.1) is 0 Å². The summed E-state index contributed by atoms with van der Waals surface area (Å²) < 4.78 is 0. The van der Waals surface area contributed by atoms with Gasteiger partial charge in [0.05, 0.1) is 4.88 Å². The van der Waals surface area contributed by atoms with Crippen molar-refractivity contribution < 1.29 is 9.59 Å². The second-order valence-electron chi connectivity index (χ2n) is 4.05. The maximum Gasteiger partial charge on any atom is 0.275 e. The lowest BCUT2D eigenvalue weighted by atomic mass is 10.1. The van der Waals surface area contributed by atoms with E-state index >= 15 is 0 Å². The number of rotatable bonds is 3. The van der Waals surface area contributed by atoms with Gasteiger partial charge in [-0.25, -0.2) is 5.84 Å². The van der Waals surface area contributed by atoms with Gasteiger partial charge < -0.3 is 0 Å². The summed E-state index contributed by atoms with van der Waals surface area (Å²) in [5.74, 6) is 5.16. The minimum Gasteiger partial charge on any atom is -0.300 e. The highest BCUT2D eigenvalue weighted by molar-refractivity contribution is 7.14. The number of Topliss-reactive ketones (excluding diaryl/α,β-unsaturated/α-hetero) is 1. The number of nitrogens with two attached hydrogens (primary N) is 1. The van der Waals surface area contributed by atoms with Crippen LogP contribution in [-0.2, 0) is 11.3 Å². The summed E-state index contributed by atoms with van der Waals surface area (Å²) in [4.78, 5) is 26.4. The summed E-state index contributed by atoms with van der Waals surface area (Å²) in [6.45, 7) is 2.43. The second kappa shape index (κ2) is 5.39. The molecular weight excluding hydrogens is 238 g/mol. The fraction of sp³-hybridized carbons (Fsp3) is 0.455. The minimum atomic E-state index is -0.255. The highest BCUT2D eigenvalue weighted by atomic mass is 32.1. The van der Waals surface area contributed by atoms with Gasteiger partial charge in [-0.2, -0.15) is 0 Å². The molecule has 1 aromatic rings. The van der Waals surface area contributed by atoms with Crippen LogP contribution in [0.3, 0.4) is 0 Å². The molecule has 0 saturated carbocycles. The summed E-state index contributed by atoms with van der Waals surface area (Å²) in [7, 11) is 0. The van der Waals surface area contributed by atoms with Gasteiger partial charge in [-0.3, -0.25) is 19.9 Å².